The Kier molecular flexibility index (Phi) is 9.71. The first-order valence-electron chi connectivity index (χ1n) is 9.55. The van der Waals surface area contributed by atoms with Gasteiger partial charge in [-0.3, -0.25) is 0 Å². The largest absolute Gasteiger partial charge is 0.450 e. The number of benzene rings is 1. The van der Waals surface area contributed by atoms with Crippen molar-refractivity contribution in [1.82, 2.24) is 0 Å². The minimum atomic E-state index is -1.92. The normalized spacial score (nSPS) is 30.3. The predicted octanol–water partition coefficient (Wildman–Crippen LogP) is -3.90. The Hall–Kier alpha value is -1.71. The van der Waals surface area contributed by atoms with Crippen LogP contribution in [0, 0.1) is 0 Å². The highest BCUT2D eigenvalue weighted by molar-refractivity contribution is 5.89. The lowest BCUT2D eigenvalue weighted by Crippen LogP contribution is -2.62. The molecule has 0 bridgehead atoms. The second-order valence-corrected chi connectivity index (χ2v) is 7.03. The topological polar surface area (TPSA) is 207 Å². The van der Waals surface area contributed by atoms with Crippen molar-refractivity contribution in [2.75, 3.05) is 19.8 Å². The Morgan fingerprint density at radius 1 is 0.968 bits per heavy atom. The Morgan fingerprint density at radius 2 is 1.58 bits per heavy atom. The van der Waals surface area contributed by atoms with E-state index in [1.54, 1.807) is 18.2 Å². The molecule has 0 spiro atoms. The molecule has 0 aromatic heterocycles. The van der Waals surface area contributed by atoms with Crippen LogP contribution in [-0.4, -0.2) is 122 Å². The lowest BCUT2D eigenvalue weighted by Gasteiger charge is -2.43. The van der Waals surface area contributed by atoms with Crippen molar-refractivity contribution in [2.24, 2.45) is 0 Å². The van der Waals surface area contributed by atoms with E-state index in [0.717, 1.165) is 0 Å². The number of rotatable bonds is 10. The number of aliphatic hydroxyl groups excluding tert-OH is 8. The molecule has 1 aromatic rings. The maximum Gasteiger partial charge on any atom is 0.338 e. The first-order valence-corrected chi connectivity index (χ1v) is 9.55. The van der Waals surface area contributed by atoms with Crippen molar-refractivity contribution in [3.8, 4) is 0 Å². The fraction of sp³-hybridized carbons (Fsp3) is 0.632. The van der Waals surface area contributed by atoms with E-state index in [2.05, 4.69) is 0 Å². The highest BCUT2D eigenvalue weighted by atomic mass is 16.7. The summed E-state index contributed by atoms with van der Waals surface area (Å²) in [6.45, 7) is -2.58. The molecule has 0 aliphatic carbocycles. The Bertz CT molecular complexity index is 673. The van der Waals surface area contributed by atoms with Crippen molar-refractivity contribution in [3.63, 3.8) is 0 Å². The number of esters is 1. The molecule has 1 aliphatic rings. The monoisotopic (exact) mass is 448 g/mol. The summed E-state index contributed by atoms with van der Waals surface area (Å²) in [7, 11) is 0. The van der Waals surface area contributed by atoms with Gasteiger partial charge in [0, 0.05) is 0 Å². The molecule has 1 heterocycles. The van der Waals surface area contributed by atoms with Crippen molar-refractivity contribution in [3.05, 3.63) is 35.9 Å². The molecule has 2 rings (SSSR count). The van der Waals surface area contributed by atoms with E-state index in [0.29, 0.717) is 0 Å². The van der Waals surface area contributed by atoms with Crippen LogP contribution in [-0.2, 0) is 14.2 Å². The summed E-state index contributed by atoms with van der Waals surface area (Å²) < 4.78 is 16.0. The third kappa shape index (κ3) is 6.17. The van der Waals surface area contributed by atoms with Gasteiger partial charge in [0.05, 0.1) is 25.4 Å². The highest BCUT2D eigenvalue weighted by Gasteiger charge is 2.49. The Morgan fingerprint density at radius 3 is 2.13 bits per heavy atom. The molecule has 9 atom stereocenters. The number of aliphatic hydroxyl groups is 8. The van der Waals surface area contributed by atoms with Gasteiger partial charge >= 0.3 is 5.97 Å². The zero-order valence-corrected chi connectivity index (χ0v) is 16.4. The van der Waals surface area contributed by atoms with Gasteiger partial charge in [-0.2, -0.15) is 0 Å². The summed E-state index contributed by atoms with van der Waals surface area (Å²) >= 11 is 0. The van der Waals surface area contributed by atoms with Crippen LogP contribution in [0.3, 0.4) is 0 Å². The molecule has 12 heteroatoms. The standard InChI is InChI=1S/C19H28O12/c20-6-10(23)13(25)16(11(24)7-21)31-19-17(15(27)14(26)12(8-22)29-19)30-18(28)9-4-2-1-3-5-9/h1-5,10-17,19-27H,6-8H2/t10-,11+,12+,13+,14-,15-,16+,17+,19-/m0/s1. The van der Waals surface area contributed by atoms with Crippen molar-refractivity contribution in [2.45, 2.75) is 55.1 Å². The van der Waals surface area contributed by atoms with Gasteiger partial charge in [-0.25, -0.2) is 4.79 Å². The summed E-state index contributed by atoms with van der Waals surface area (Å²) in [4.78, 5) is 12.4. The summed E-state index contributed by atoms with van der Waals surface area (Å²) in [6, 6.07) is 7.65. The molecule has 12 nitrogen and oxygen atoms in total. The fourth-order valence-electron chi connectivity index (χ4n) is 3.04. The van der Waals surface area contributed by atoms with Crippen molar-refractivity contribution >= 4 is 5.97 Å². The molecule has 0 radical (unpaired) electrons. The third-order valence-corrected chi connectivity index (χ3v) is 4.85. The van der Waals surface area contributed by atoms with Crippen LogP contribution in [0.25, 0.3) is 0 Å². The lowest BCUT2D eigenvalue weighted by molar-refractivity contribution is -0.326. The van der Waals surface area contributed by atoms with E-state index < -0.39 is 80.9 Å². The Labute approximate surface area is 177 Å². The van der Waals surface area contributed by atoms with Crippen LogP contribution < -0.4 is 0 Å². The third-order valence-electron chi connectivity index (χ3n) is 4.85. The number of hydrogen-bond acceptors (Lipinski definition) is 12. The molecular weight excluding hydrogens is 420 g/mol. The molecule has 176 valence electrons. The lowest BCUT2D eigenvalue weighted by atomic mass is 9.98. The zero-order chi connectivity index (χ0) is 23.1. The number of ether oxygens (including phenoxy) is 3. The summed E-state index contributed by atoms with van der Waals surface area (Å²) in [5.74, 6) is -0.910. The second-order valence-electron chi connectivity index (χ2n) is 7.03. The smallest absolute Gasteiger partial charge is 0.338 e. The molecule has 8 N–H and O–H groups in total. The van der Waals surface area contributed by atoms with E-state index in [-0.39, 0.29) is 5.56 Å². The quantitative estimate of drug-likeness (QED) is 0.162. The van der Waals surface area contributed by atoms with Crippen LogP contribution in [0.1, 0.15) is 10.4 Å². The Balaban J connectivity index is 2.29. The highest BCUT2D eigenvalue weighted by Crippen LogP contribution is 2.27. The molecule has 1 saturated heterocycles. The van der Waals surface area contributed by atoms with Crippen LogP contribution in [0.2, 0.25) is 0 Å². The van der Waals surface area contributed by atoms with Crippen LogP contribution in [0.15, 0.2) is 30.3 Å². The van der Waals surface area contributed by atoms with Gasteiger partial charge in [0.2, 0.25) is 0 Å². The minimum absolute atomic E-state index is 0.106. The first kappa shape index (κ1) is 25.5. The van der Waals surface area contributed by atoms with E-state index >= 15 is 0 Å². The average Bonchev–Trinajstić information content (AvgIpc) is 2.80. The molecule has 0 saturated carbocycles. The first-order chi connectivity index (χ1) is 14.7. The predicted molar refractivity (Wildman–Crippen MR) is 100 cm³/mol. The van der Waals surface area contributed by atoms with Gasteiger partial charge in [-0.05, 0) is 12.1 Å². The molecule has 0 unspecified atom stereocenters. The molecule has 1 aliphatic heterocycles. The van der Waals surface area contributed by atoms with Gasteiger partial charge in [0.25, 0.3) is 0 Å². The second kappa shape index (κ2) is 11.8. The number of carbonyl (C=O) groups is 1. The summed E-state index contributed by atoms with van der Waals surface area (Å²) in [5, 5.41) is 78.1. The van der Waals surface area contributed by atoms with E-state index in [9.17, 15) is 40.5 Å². The molecule has 31 heavy (non-hydrogen) atoms. The van der Waals surface area contributed by atoms with Gasteiger partial charge in [0.1, 0.15) is 42.7 Å². The van der Waals surface area contributed by atoms with E-state index in [4.69, 9.17) is 19.3 Å². The van der Waals surface area contributed by atoms with E-state index in [1.807, 2.05) is 0 Å². The molecule has 1 aromatic carbocycles. The number of hydrogen-bond donors (Lipinski definition) is 8. The molecule has 0 amide bonds. The van der Waals surface area contributed by atoms with Crippen LogP contribution in [0.4, 0.5) is 0 Å². The molecule has 1 fully saturated rings. The van der Waals surface area contributed by atoms with Gasteiger partial charge in [-0.15, -0.1) is 0 Å². The summed E-state index contributed by atoms with van der Waals surface area (Å²) in [5.41, 5.74) is 0.106. The van der Waals surface area contributed by atoms with Gasteiger partial charge in [-0.1, -0.05) is 18.2 Å². The fourth-order valence-corrected chi connectivity index (χ4v) is 3.04. The molecular formula is C19H28O12. The minimum Gasteiger partial charge on any atom is -0.450 e. The van der Waals surface area contributed by atoms with Crippen LogP contribution in [0.5, 0.6) is 0 Å². The van der Waals surface area contributed by atoms with Gasteiger partial charge in [0.15, 0.2) is 12.4 Å². The summed E-state index contributed by atoms with van der Waals surface area (Å²) in [6.07, 6.45) is -15.5. The number of carbonyl (C=O) groups excluding carboxylic acids is 1. The van der Waals surface area contributed by atoms with Crippen molar-refractivity contribution < 1.29 is 59.9 Å². The average molecular weight is 448 g/mol. The van der Waals surface area contributed by atoms with Crippen molar-refractivity contribution in [1.29, 1.82) is 0 Å². The maximum atomic E-state index is 12.4. The SMILES string of the molecule is O=C(O[C@H]1[C@H](O[C@@H]([C@H](O)[C@@H](O)CO)[C@H](O)CO)O[C@H](CO)[C@H](O)[C@@H]1O)c1ccccc1. The van der Waals surface area contributed by atoms with Crippen LogP contribution >= 0.6 is 0 Å². The van der Waals surface area contributed by atoms with Gasteiger partial charge < -0.3 is 55.1 Å². The maximum absolute atomic E-state index is 12.4. The van der Waals surface area contributed by atoms with E-state index in [1.165, 1.54) is 12.1 Å². The zero-order valence-electron chi connectivity index (χ0n) is 16.4.